The number of halogens is 5. The molecule has 2 rings (SSSR count). The maximum Gasteiger partial charge on any atom is 0.325 e. The second kappa shape index (κ2) is 8.28. The minimum atomic E-state index is -2.35. The number of para-hydroxylation sites is 2. The van der Waals surface area contributed by atoms with Crippen molar-refractivity contribution in [3.8, 4) is 17.2 Å². The Bertz CT molecular complexity index is 868. The van der Waals surface area contributed by atoms with Gasteiger partial charge in [-0.25, -0.2) is 13.2 Å². The molecule has 1 unspecified atom stereocenters. The fourth-order valence-electron chi connectivity index (χ4n) is 1.76. The normalized spacial score (nSPS) is 12.3. The van der Waals surface area contributed by atoms with Crippen LogP contribution in [0.15, 0.2) is 24.3 Å². The van der Waals surface area contributed by atoms with Crippen molar-refractivity contribution in [2.24, 2.45) is 0 Å². The van der Waals surface area contributed by atoms with E-state index in [2.05, 4.69) is 0 Å². The number of nitrogens with zero attached hydrogens (tertiary/aromatic N) is 1. The fraction of sp³-hybridized carbons (Fsp3) is 0.133. The molecule has 0 spiro atoms. The number of carboxylic acids is 1. The molecule has 0 radical (unpaired) electrons. The van der Waals surface area contributed by atoms with Crippen LogP contribution in [0.4, 0.5) is 22.0 Å². The highest BCUT2D eigenvalue weighted by atomic mass is 31.1. The van der Waals surface area contributed by atoms with Crippen LogP contribution in [0, 0.1) is 29.1 Å². The van der Waals surface area contributed by atoms with Gasteiger partial charge in [0, 0.05) is 0 Å². The molecule has 0 aromatic heterocycles. The molecule has 0 aliphatic carbocycles. The lowest BCUT2D eigenvalue weighted by Gasteiger charge is -2.20. The van der Waals surface area contributed by atoms with Gasteiger partial charge in [-0.05, 0) is 23.9 Å². The lowest BCUT2D eigenvalue weighted by molar-refractivity contribution is -0.147. The number of ether oxygens (including phenoxy) is 1. The third kappa shape index (κ3) is 4.15. The van der Waals surface area contributed by atoms with Gasteiger partial charge in [0.25, 0.3) is 8.61 Å². The topological polar surface area (TPSA) is 76.1 Å². The molecule has 0 fully saturated rings. The number of hydroxylamine groups is 1. The summed E-state index contributed by atoms with van der Waals surface area (Å²) in [5, 5.41) is 8.91. The number of carbonyl (C=O) groups is 1. The number of carboxylic acid groups (broad SMARTS) is 1. The minimum absolute atomic E-state index is 0.391. The first kappa shape index (κ1) is 20.5. The van der Waals surface area contributed by atoms with Gasteiger partial charge in [-0.2, -0.15) is 8.78 Å². The van der Waals surface area contributed by atoms with Crippen LogP contribution in [0.5, 0.6) is 17.2 Å². The molecule has 0 heterocycles. The smallest absolute Gasteiger partial charge is 0.325 e. The van der Waals surface area contributed by atoms with Crippen LogP contribution < -0.4 is 9.57 Å². The molecular weight excluding hydrogens is 400 g/mol. The summed E-state index contributed by atoms with van der Waals surface area (Å²) < 4.78 is 83.0. The van der Waals surface area contributed by atoms with E-state index in [9.17, 15) is 31.3 Å². The van der Waals surface area contributed by atoms with Gasteiger partial charge < -0.3 is 14.7 Å². The monoisotopic (exact) mass is 409 g/mol. The quantitative estimate of drug-likeness (QED) is 0.240. The largest absolute Gasteiger partial charge is 0.480 e. The van der Waals surface area contributed by atoms with E-state index < -0.39 is 67.0 Å². The highest BCUT2D eigenvalue weighted by Gasteiger charge is 2.29. The summed E-state index contributed by atoms with van der Waals surface area (Å²) in [6.45, 7) is 1.13. The summed E-state index contributed by atoms with van der Waals surface area (Å²) in [5.74, 6) is -15.1. The Morgan fingerprint density at radius 3 is 1.96 bits per heavy atom. The third-order valence-corrected chi connectivity index (χ3v) is 3.78. The Morgan fingerprint density at radius 2 is 1.48 bits per heavy atom. The lowest BCUT2D eigenvalue weighted by atomic mass is 10.2. The molecule has 0 saturated heterocycles. The zero-order valence-electron chi connectivity index (χ0n) is 13.3. The molecule has 6 nitrogen and oxygen atoms in total. The van der Waals surface area contributed by atoms with Gasteiger partial charge >= 0.3 is 5.97 Å². The average Bonchev–Trinajstić information content (AvgIpc) is 2.66. The minimum Gasteiger partial charge on any atom is -0.480 e. The van der Waals surface area contributed by atoms with Crippen molar-refractivity contribution >= 4 is 14.6 Å². The van der Waals surface area contributed by atoms with Crippen molar-refractivity contribution in [1.29, 1.82) is 0 Å². The zero-order valence-corrected chi connectivity index (χ0v) is 14.1. The van der Waals surface area contributed by atoms with Gasteiger partial charge in [-0.1, -0.05) is 12.1 Å². The van der Waals surface area contributed by atoms with Crippen LogP contribution in [-0.4, -0.2) is 22.0 Å². The van der Waals surface area contributed by atoms with Gasteiger partial charge in [0.15, 0.2) is 17.5 Å². The third-order valence-electron chi connectivity index (χ3n) is 3.19. The van der Waals surface area contributed by atoms with Crippen molar-refractivity contribution in [3.05, 3.63) is 53.4 Å². The number of hydrogen-bond donors (Lipinski definition) is 1. The van der Waals surface area contributed by atoms with Crippen LogP contribution in [0.1, 0.15) is 6.92 Å². The maximum atomic E-state index is 13.8. The SMILES string of the molecule is CC(C(=O)O)N(Oc1ccccc1Oc1c(F)c(F)c(F)c(F)c1F)P=O. The standard InChI is InChI=1S/C15H9F5NO5P/c1-6(15(22)23)21(27-24)26-8-5-3-2-4-7(8)25-14-12(19)10(17)9(16)11(18)13(14)20/h2-6H,1H3,(H,22,23). The summed E-state index contributed by atoms with van der Waals surface area (Å²) >= 11 is 0. The molecule has 0 saturated carbocycles. The van der Waals surface area contributed by atoms with E-state index >= 15 is 0 Å². The van der Waals surface area contributed by atoms with E-state index in [0.29, 0.717) is 4.83 Å². The van der Waals surface area contributed by atoms with Crippen molar-refractivity contribution < 1.29 is 46.0 Å². The Labute approximate surface area is 149 Å². The molecule has 0 aliphatic heterocycles. The first-order valence-corrected chi connectivity index (χ1v) is 7.77. The molecule has 0 amide bonds. The van der Waals surface area contributed by atoms with E-state index in [-0.39, 0.29) is 0 Å². The number of rotatable bonds is 7. The maximum absolute atomic E-state index is 13.8. The molecule has 0 aliphatic rings. The summed E-state index contributed by atoms with van der Waals surface area (Å²) in [4.78, 5) is 16.4. The second-order valence-electron chi connectivity index (χ2n) is 4.94. The highest BCUT2D eigenvalue weighted by molar-refractivity contribution is 7.20. The van der Waals surface area contributed by atoms with Gasteiger partial charge in [0.2, 0.25) is 34.8 Å². The van der Waals surface area contributed by atoms with Crippen LogP contribution >= 0.6 is 8.61 Å². The molecule has 1 N–H and O–H groups in total. The van der Waals surface area contributed by atoms with Gasteiger partial charge in [0.05, 0.1) is 0 Å². The zero-order chi connectivity index (χ0) is 20.3. The van der Waals surface area contributed by atoms with Crippen LogP contribution in [0.2, 0.25) is 0 Å². The predicted octanol–water partition coefficient (Wildman–Crippen LogP) is 4.45. The average molecular weight is 409 g/mol. The Kier molecular flexibility index (Phi) is 6.29. The van der Waals surface area contributed by atoms with Crippen LogP contribution in [-0.2, 0) is 9.36 Å². The molecule has 2 aromatic rings. The highest BCUT2D eigenvalue weighted by Crippen LogP contribution is 2.37. The second-order valence-corrected chi connectivity index (χ2v) is 5.50. The summed E-state index contributed by atoms with van der Waals surface area (Å²) in [6, 6.07) is 3.40. The number of benzene rings is 2. The molecule has 1 atom stereocenters. The first-order valence-electron chi connectivity index (χ1n) is 7.00. The van der Waals surface area contributed by atoms with Crippen molar-refractivity contribution in [1.82, 2.24) is 4.83 Å². The van der Waals surface area contributed by atoms with Crippen molar-refractivity contribution in [2.45, 2.75) is 13.0 Å². The Hall–Kier alpha value is -2.78. The Morgan fingerprint density at radius 1 is 1.00 bits per heavy atom. The van der Waals surface area contributed by atoms with Crippen molar-refractivity contribution in [3.63, 3.8) is 0 Å². The number of aliphatic carboxylic acids is 1. The van der Waals surface area contributed by atoms with E-state index in [4.69, 9.17) is 14.7 Å². The van der Waals surface area contributed by atoms with E-state index in [0.717, 1.165) is 19.1 Å². The van der Waals surface area contributed by atoms with Crippen LogP contribution in [0.3, 0.4) is 0 Å². The van der Waals surface area contributed by atoms with Crippen LogP contribution in [0.25, 0.3) is 0 Å². The molecule has 12 heteroatoms. The Balaban J connectivity index is 2.43. The molecular formula is C15H9F5NO5P. The van der Waals surface area contributed by atoms with Gasteiger partial charge in [0.1, 0.15) is 0 Å². The first-order chi connectivity index (χ1) is 12.7. The molecule has 0 bridgehead atoms. The summed E-state index contributed by atoms with van der Waals surface area (Å²) in [5.41, 5.74) is 0. The molecule has 2 aromatic carbocycles. The molecule has 27 heavy (non-hydrogen) atoms. The molecule has 144 valence electrons. The van der Waals surface area contributed by atoms with E-state index in [1.54, 1.807) is 0 Å². The predicted molar refractivity (Wildman–Crippen MR) is 79.9 cm³/mol. The van der Waals surface area contributed by atoms with Crippen molar-refractivity contribution in [2.75, 3.05) is 0 Å². The van der Waals surface area contributed by atoms with Gasteiger partial charge in [-0.15, -0.1) is 0 Å². The summed E-state index contributed by atoms with van der Waals surface area (Å²) in [6.07, 6.45) is 0. The van der Waals surface area contributed by atoms with Gasteiger partial charge in [-0.3, -0.25) is 9.36 Å². The fourth-order valence-corrected chi connectivity index (χ4v) is 2.12. The van der Waals surface area contributed by atoms with E-state index in [1.807, 2.05) is 0 Å². The number of hydrogen-bond acceptors (Lipinski definition) is 4. The van der Waals surface area contributed by atoms with E-state index in [1.165, 1.54) is 12.1 Å². The summed E-state index contributed by atoms with van der Waals surface area (Å²) in [7, 11) is -0.878. The lowest BCUT2D eigenvalue weighted by Crippen LogP contribution is -2.34.